The van der Waals surface area contributed by atoms with Crippen molar-refractivity contribution in [3.63, 3.8) is 0 Å². The van der Waals surface area contributed by atoms with Crippen molar-refractivity contribution in [2.75, 3.05) is 32.4 Å². The average Bonchev–Trinajstić information content (AvgIpc) is 2.62. The fourth-order valence-corrected chi connectivity index (χ4v) is 4.81. The van der Waals surface area contributed by atoms with E-state index in [0.717, 1.165) is 24.8 Å². The summed E-state index contributed by atoms with van der Waals surface area (Å²) in [6.45, 7) is 2.32. The molecule has 2 heterocycles. The van der Waals surface area contributed by atoms with Gasteiger partial charge in [-0.25, -0.2) is 21.9 Å². The molecule has 1 N–H and O–H groups in total. The first-order valence-corrected chi connectivity index (χ1v) is 11.4. The maximum atomic E-state index is 13.3. The number of hydrogen-bond acceptors (Lipinski definition) is 3. The van der Waals surface area contributed by atoms with E-state index in [1.807, 2.05) is 11.0 Å². The van der Waals surface area contributed by atoms with E-state index in [1.165, 1.54) is 16.6 Å². The molecule has 0 atom stereocenters. The zero-order valence-corrected chi connectivity index (χ0v) is 16.5. The lowest BCUT2D eigenvalue weighted by atomic mass is 9.90. The van der Waals surface area contributed by atoms with Gasteiger partial charge in [0.2, 0.25) is 10.0 Å². The predicted molar refractivity (Wildman–Crippen MR) is 102 cm³/mol. The number of hydrogen-bond donors (Lipinski definition) is 1. The first kappa shape index (κ1) is 20.1. The van der Waals surface area contributed by atoms with Crippen LogP contribution in [0.25, 0.3) is 0 Å². The Labute approximate surface area is 160 Å². The molecule has 0 aliphatic carbocycles. The molecule has 1 aromatic rings. The summed E-state index contributed by atoms with van der Waals surface area (Å²) >= 11 is 0. The van der Waals surface area contributed by atoms with Crippen molar-refractivity contribution >= 4 is 16.1 Å². The quantitative estimate of drug-likeness (QED) is 0.847. The molecule has 0 unspecified atom stereocenters. The normalized spacial score (nSPS) is 20.6. The number of likely N-dealkylation sites (tertiary alicyclic amines) is 1. The number of nitrogens with one attached hydrogen (secondary N) is 1. The smallest absolute Gasteiger partial charge is 0.317 e. The van der Waals surface area contributed by atoms with Crippen LogP contribution in [0.3, 0.4) is 0 Å². The zero-order chi connectivity index (χ0) is 19.4. The number of amides is 2. The fourth-order valence-electron chi connectivity index (χ4n) is 3.94. The molecular formula is C19H28FN3O3S. The molecule has 27 heavy (non-hydrogen) atoms. The van der Waals surface area contributed by atoms with Crippen LogP contribution < -0.4 is 5.32 Å². The van der Waals surface area contributed by atoms with Crippen LogP contribution in [-0.4, -0.2) is 62.1 Å². The number of carbonyl (C=O) groups excluding carboxylic acids is 1. The van der Waals surface area contributed by atoms with Crippen molar-refractivity contribution < 1.29 is 17.6 Å². The summed E-state index contributed by atoms with van der Waals surface area (Å²) in [4.78, 5) is 14.3. The van der Waals surface area contributed by atoms with Gasteiger partial charge < -0.3 is 10.2 Å². The topological polar surface area (TPSA) is 69.7 Å². The molecule has 0 bridgehead atoms. The first-order valence-electron chi connectivity index (χ1n) is 9.56. The van der Waals surface area contributed by atoms with E-state index in [1.54, 1.807) is 12.1 Å². The van der Waals surface area contributed by atoms with Gasteiger partial charge in [0.05, 0.1) is 6.26 Å². The molecule has 2 aliphatic rings. The Bertz CT molecular complexity index is 755. The van der Waals surface area contributed by atoms with Crippen LogP contribution in [-0.2, 0) is 16.4 Å². The number of piperidine rings is 2. The second-order valence-electron chi connectivity index (χ2n) is 7.65. The standard InChI is InChI=1S/C19H28FN3O3S/c1-27(25,26)23-11-7-18(8-12-23)21-19(24)22-9-5-15(6-10-22)13-16-3-2-4-17(20)14-16/h2-4,14-15,18H,5-13H2,1H3,(H,21,24). The largest absolute Gasteiger partial charge is 0.335 e. The molecule has 2 amide bonds. The molecule has 6 nitrogen and oxygen atoms in total. The predicted octanol–water partition coefficient (Wildman–Crippen LogP) is 2.21. The highest BCUT2D eigenvalue weighted by Gasteiger charge is 2.28. The van der Waals surface area contributed by atoms with E-state index >= 15 is 0 Å². The SMILES string of the molecule is CS(=O)(=O)N1CCC(NC(=O)N2CCC(Cc3cccc(F)c3)CC2)CC1. The van der Waals surface area contributed by atoms with E-state index < -0.39 is 10.0 Å². The van der Waals surface area contributed by atoms with Gasteiger partial charge in [0, 0.05) is 32.2 Å². The molecular weight excluding hydrogens is 369 g/mol. The van der Waals surface area contributed by atoms with E-state index in [2.05, 4.69) is 5.32 Å². The molecule has 0 radical (unpaired) electrons. The Morgan fingerprint density at radius 3 is 2.41 bits per heavy atom. The van der Waals surface area contributed by atoms with Crippen LogP contribution in [0.5, 0.6) is 0 Å². The van der Waals surface area contributed by atoms with E-state index in [0.29, 0.717) is 44.9 Å². The van der Waals surface area contributed by atoms with E-state index in [-0.39, 0.29) is 17.9 Å². The minimum Gasteiger partial charge on any atom is -0.335 e. The Morgan fingerprint density at radius 1 is 1.15 bits per heavy atom. The van der Waals surface area contributed by atoms with Gasteiger partial charge in [-0.15, -0.1) is 0 Å². The molecule has 2 saturated heterocycles. The number of sulfonamides is 1. The number of rotatable bonds is 4. The fraction of sp³-hybridized carbons (Fsp3) is 0.632. The van der Waals surface area contributed by atoms with Gasteiger partial charge in [-0.1, -0.05) is 12.1 Å². The molecule has 2 aliphatic heterocycles. The average molecular weight is 398 g/mol. The minimum atomic E-state index is -3.15. The highest BCUT2D eigenvalue weighted by Crippen LogP contribution is 2.22. The monoisotopic (exact) mass is 397 g/mol. The van der Waals surface area contributed by atoms with E-state index in [4.69, 9.17) is 0 Å². The molecule has 8 heteroatoms. The van der Waals surface area contributed by atoms with Crippen molar-refractivity contribution in [1.82, 2.24) is 14.5 Å². The summed E-state index contributed by atoms with van der Waals surface area (Å²) in [7, 11) is -3.15. The number of urea groups is 1. The Balaban J connectivity index is 1.41. The number of carbonyl (C=O) groups is 1. The summed E-state index contributed by atoms with van der Waals surface area (Å²) in [5, 5.41) is 3.05. The number of nitrogens with zero attached hydrogens (tertiary/aromatic N) is 2. The summed E-state index contributed by atoms with van der Waals surface area (Å²) in [5.41, 5.74) is 1.01. The van der Waals surface area contributed by atoms with Crippen molar-refractivity contribution in [2.24, 2.45) is 5.92 Å². The van der Waals surface area contributed by atoms with Crippen molar-refractivity contribution in [2.45, 2.75) is 38.1 Å². The van der Waals surface area contributed by atoms with Crippen LogP contribution in [0.2, 0.25) is 0 Å². The van der Waals surface area contributed by atoms with Gasteiger partial charge in [-0.3, -0.25) is 0 Å². The molecule has 3 rings (SSSR count). The van der Waals surface area contributed by atoms with Crippen LogP contribution in [0, 0.1) is 11.7 Å². The highest BCUT2D eigenvalue weighted by atomic mass is 32.2. The maximum Gasteiger partial charge on any atom is 0.317 e. The zero-order valence-electron chi connectivity index (χ0n) is 15.7. The maximum absolute atomic E-state index is 13.3. The van der Waals surface area contributed by atoms with Crippen molar-refractivity contribution in [3.05, 3.63) is 35.6 Å². The number of halogens is 1. The van der Waals surface area contributed by atoms with Gasteiger partial charge in [-0.05, 0) is 55.7 Å². The lowest BCUT2D eigenvalue weighted by molar-refractivity contribution is 0.162. The second kappa shape index (κ2) is 8.56. The van der Waals surface area contributed by atoms with Crippen LogP contribution in [0.4, 0.5) is 9.18 Å². The van der Waals surface area contributed by atoms with Crippen LogP contribution in [0.15, 0.2) is 24.3 Å². The summed E-state index contributed by atoms with van der Waals surface area (Å²) in [5.74, 6) is 0.264. The van der Waals surface area contributed by atoms with Crippen LogP contribution >= 0.6 is 0 Å². The minimum absolute atomic E-state index is 0.0283. The number of benzene rings is 1. The van der Waals surface area contributed by atoms with Gasteiger partial charge in [0.1, 0.15) is 5.82 Å². The van der Waals surface area contributed by atoms with Gasteiger partial charge >= 0.3 is 6.03 Å². The second-order valence-corrected chi connectivity index (χ2v) is 9.63. The Kier molecular flexibility index (Phi) is 6.37. The Morgan fingerprint density at radius 2 is 1.81 bits per heavy atom. The molecule has 0 saturated carbocycles. The van der Waals surface area contributed by atoms with E-state index in [9.17, 15) is 17.6 Å². The third-order valence-electron chi connectivity index (χ3n) is 5.57. The molecule has 150 valence electrons. The third-order valence-corrected chi connectivity index (χ3v) is 6.87. The summed E-state index contributed by atoms with van der Waals surface area (Å²) in [6.07, 6.45) is 5.19. The molecule has 1 aromatic carbocycles. The molecule has 0 spiro atoms. The highest BCUT2D eigenvalue weighted by molar-refractivity contribution is 7.88. The van der Waals surface area contributed by atoms with Gasteiger partial charge in [-0.2, -0.15) is 0 Å². The molecule has 0 aromatic heterocycles. The lowest BCUT2D eigenvalue weighted by Crippen LogP contribution is -2.51. The summed E-state index contributed by atoms with van der Waals surface area (Å²) in [6, 6.07) is 6.70. The van der Waals surface area contributed by atoms with Gasteiger partial charge in [0.15, 0.2) is 0 Å². The third kappa shape index (κ3) is 5.65. The van der Waals surface area contributed by atoms with Crippen molar-refractivity contribution in [1.29, 1.82) is 0 Å². The first-order chi connectivity index (χ1) is 12.8. The van der Waals surface area contributed by atoms with Crippen molar-refractivity contribution in [3.8, 4) is 0 Å². The van der Waals surface area contributed by atoms with Crippen LogP contribution in [0.1, 0.15) is 31.2 Å². The summed E-state index contributed by atoms with van der Waals surface area (Å²) < 4.78 is 37.9. The lowest BCUT2D eigenvalue weighted by Gasteiger charge is -2.35. The van der Waals surface area contributed by atoms with Gasteiger partial charge in [0.25, 0.3) is 0 Å². The molecule has 2 fully saturated rings. The Hall–Kier alpha value is -1.67.